The van der Waals surface area contributed by atoms with Crippen LogP contribution in [0.15, 0.2) is 71.6 Å². The maximum absolute atomic E-state index is 14.5. The van der Waals surface area contributed by atoms with Gasteiger partial charge in [-0.1, -0.05) is 53.5 Å². The smallest absolute Gasteiger partial charge is 0.207 e. The van der Waals surface area contributed by atoms with Gasteiger partial charge in [0.2, 0.25) is 15.8 Å². The van der Waals surface area contributed by atoms with Crippen LogP contribution in [0.5, 0.6) is 0 Å². The number of hydrogen-bond donors (Lipinski definition) is 1. The maximum Gasteiger partial charge on any atom is 0.243 e. The summed E-state index contributed by atoms with van der Waals surface area (Å²) in [7, 11) is -3.96. The molecule has 0 bridgehead atoms. The lowest BCUT2D eigenvalue weighted by atomic mass is 10.1. The number of tetrazole rings is 1. The zero-order valence-electron chi connectivity index (χ0n) is 16.4. The van der Waals surface area contributed by atoms with Crippen molar-refractivity contribution < 1.29 is 12.8 Å². The van der Waals surface area contributed by atoms with Crippen molar-refractivity contribution in [2.24, 2.45) is 0 Å². The van der Waals surface area contributed by atoms with E-state index in [1.807, 2.05) is 0 Å². The second kappa shape index (κ2) is 9.33. The van der Waals surface area contributed by atoms with Crippen molar-refractivity contribution in [1.82, 2.24) is 24.9 Å². The standard InChI is InChI=1S/C21H16Cl2FN5O2S/c22-17-7-9-19(10-8-17)32(30,31)29(13-16-5-6-18(23)11-20(16)24)12-14-1-3-15(4-2-14)21-25-27-28-26-21/h1-11H,12-13H2,(H,25,26,27,28). The Morgan fingerprint density at radius 1 is 0.906 bits per heavy atom. The third-order valence-corrected chi connectivity index (χ3v) is 7.02. The number of sulfonamides is 1. The molecule has 0 unspecified atom stereocenters. The fraction of sp³-hybridized carbons (Fsp3) is 0.0952. The van der Waals surface area contributed by atoms with Gasteiger partial charge >= 0.3 is 0 Å². The van der Waals surface area contributed by atoms with E-state index in [1.54, 1.807) is 24.3 Å². The summed E-state index contributed by atoms with van der Waals surface area (Å²) in [6.45, 7) is -0.167. The first kappa shape index (κ1) is 22.3. The Kier molecular flexibility index (Phi) is 6.52. The molecule has 3 aromatic carbocycles. The lowest BCUT2D eigenvalue weighted by molar-refractivity contribution is 0.394. The van der Waals surface area contributed by atoms with Crippen LogP contribution in [0.4, 0.5) is 4.39 Å². The van der Waals surface area contributed by atoms with Crippen molar-refractivity contribution in [3.8, 4) is 11.4 Å². The van der Waals surface area contributed by atoms with E-state index < -0.39 is 15.8 Å². The minimum Gasteiger partial charge on any atom is -0.207 e. The Balaban J connectivity index is 1.67. The van der Waals surface area contributed by atoms with Crippen LogP contribution < -0.4 is 0 Å². The number of hydrogen-bond acceptors (Lipinski definition) is 5. The molecule has 0 spiro atoms. The number of halogens is 3. The summed E-state index contributed by atoms with van der Waals surface area (Å²) in [5.41, 5.74) is 1.62. The summed E-state index contributed by atoms with van der Waals surface area (Å²) in [6.07, 6.45) is 0. The van der Waals surface area contributed by atoms with Gasteiger partial charge < -0.3 is 0 Å². The molecule has 0 aliphatic carbocycles. The predicted octanol–water partition coefficient (Wildman–Crippen LogP) is 4.70. The highest BCUT2D eigenvalue weighted by atomic mass is 35.5. The van der Waals surface area contributed by atoms with Crippen LogP contribution in [-0.4, -0.2) is 33.3 Å². The molecule has 11 heteroatoms. The number of aromatic amines is 1. The third-order valence-electron chi connectivity index (χ3n) is 4.73. The summed E-state index contributed by atoms with van der Waals surface area (Å²) in [5, 5.41) is 14.4. The number of H-pyrrole nitrogens is 1. The molecule has 4 aromatic rings. The zero-order valence-corrected chi connectivity index (χ0v) is 18.7. The normalized spacial score (nSPS) is 11.8. The first-order chi connectivity index (χ1) is 15.3. The van der Waals surface area contributed by atoms with Crippen molar-refractivity contribution >= 4 is 33.2 Å². The van der Waals surface area contributed by atoms with Gasteiger partial charge in [-0.2, -0.15) is 9.52 Å². The SMILES string of the molecule is O=S(=O)(c1ccc(Cl)cc1)N(Cc1ccc(-c2nn[nH]n2)cc1)Cc1ccc(Cl)cc1F. The molecule has 0 aliphatic rings. The highest BCUT2D eigenvalue weighted by molar-refractivity contribution is 7.89. The molecule has 0 saturated carbocycles. The van der Waals surface area contributed by atoms with Gasteiger partial charge in [-0.15, -0.1) is 10.2 Å². The van der Waals surface area contributed by atoms with Gasteiger partial charge in [-0.3, -0.25) is 0 Å². The first-order valence-electron chi connectivity index (χ1n) is 9.35. The Morgan fingerprint density at radius 3 is 2.22 bits per heavy atom. The van der Waals surface area contributed by atoms with Crippen LogP contribution in [0, 0.1) is 5.82 Å². The molecule has 32 heavy (non-hydrogen) atoms. The van der Waals surface area contributed by atoms with E-state index in [2.05, 4.69) is 20.6 Å². The van der Waals surface area contributed by atoms with E-state index in [-0.39, 0.29) is 28.6 Å². The van der Waals surface area contributed by atoms with Gasteiger partial charge in [0.15, 0.2) is 0 Å². The molecule has 1 N–H and O–H groups in total. The van der Waals surface area contributed by atoms with E-state index in [0.29, 0.717) is 16.4 Å². The summed E-state index contributed by atoms with van der Waals surface area (Å²) in [5.74, 6) is -0.160. The van der Waals surface area contributed by atoms with Crippen LogP contribution in [-0.2, 0) is 23.1 Å². The monoisotopic (exact) mass is 491 g/mol. The molecule has 7 nitrogen and oxygen atoms in total. The Morgan fingerprint density at radius 2 is 1.59 bits per heavy atom. The van der Waals surface area contributed by atoms with E-state index in [1.165, 1.54) is 40.7 Å². The molecule has 1 aromatic heterocycles. The topological polar surface area (TPSA) is 91.8 Å². The summed E-state index contributed by atoms with van der Waals surface area (Å²) >= 11 is 11.7. The van der Waals surface area contributed by atoms with E-state index in [0.717, 1.165) is 11.6 Å². The van der Waals surface area contributed by atoms with Crippen molar-refractivity contribution in [3.05, 3.63) is 93.7 Å². The van der Waals surface area contributed by atoms with Crippen LogP contribution in [0.3, 0.4) is 0 Å². The fourth-order valence-corrected chi connectivity index (χ4v) is 4.76. The highest BCUT2D eigenvalue weighted by Gasteiger charge is 2.26. The molecule has 0 atom stereocenters. The molecule has 4 rings (SSSR count). The van der Waals surface area contributed by atoms with E-state index in [4.69, 9.17) is 23.2 Å². The fourth-order valence-electron chi connectivity index (χ4n) is 3.07. The number of nitrogens with one attached hydrogen (secondary N) is 1. The van der Waals surface area contributed by atoms with Gasteiger partial charge in [0.25, 0.3) is 0 Å². The average Bonchev–Trinajstić information content (AvgIpc) is 3.31. The minimum atomic E-state index is -3.96. The van der Waals surface area contributed by atoms with E-state index in [9.17, 15) is 12.8 Å². The molecular formula is C21H16Cl2FN5O2S. The molecule has 0 radical (unpaired) electrons. The molecule has 1 heterocycles. The van der Waals surface area contributed by atoms with Gasteiger partial charge in [-0.25, -0.2) is 12.8 Å². The van der Waals surface area contributed by atoms with Gasteiger partial charge in [0.1, 0.15) is 5.82 Å². The molecule has 0 saturated heterocycles. The lowest BCUT2D eigenvalue weighted by Gasteiger charge is -2.23. The summed E-state index contributed by atoms with van der Waals surface area (Å²) in [4.78, 5) is 0.0553. The summed E-state index contributed by atoms with van der Waals surface area (Å²) in [6, 6.07) is 17.0. The van der Waals surface area contributed by atoms with Crippen molar-refractivity contribution in [1.29, 1.82) is 0 Å². The molecule has 164 valence electrons. The second-order valence-corrected chi connectivity index (χ2v) is 9.71. The largest absolute Gasteiger partial charge is 0.243 e. The molecule has 0 aliphatic heterocycles. The summed E-state index contributed by atoms with van der Waals surface area (Å²) < 4.78 is 42.4. The van der Waals surface area contributed by atoms with Gasteiger partial charge in [0, 0.05) is 34.3 Å². The number of aromatic nitrogens is 4. The first-order valence-corrected chi connectivity index (χ1v) is 11.5. The van der Waals surface area contributed by atoms with Crippen molar-refractivity contribution in [2.75, 3.05) is 0 Å². The third kappa shape index (κ3) is 4.97. The molecule has 0 amide bonds. The van der Waals surface area contributed by atoms with Crippen LogP contribution in [0.2, 0.25) is 10.0 Å². The number of benzene rings is 3. The second-order valence-electron chi connectivity index (χ2n) is 6.90. The lowest BCUT2D eigenvalue weighted by Crippen LogP contribution is -2.30. The van der Waals surface area contributed by atoms with Crippen LogP contribution in [0.1, 0.15) is 11.1 Å². The maximum atomic E-state index is 14.5. The quantitative estimate of drug-likeness (QED) is 0.404. The average molecular weight is 492 g/mol. The van der Waals surface area contributed by atoms with E-state index >= 15 is 0 Å². The van der Waals surface area contributed by atoms with Crippen molar-refractivity contribution in [2.45, 2.75) is 18.0 Å². The van der Waals surface area contributed by atoms with Gasteiger partial charge in [-0.05, 0) is 47.2 Å². The van der Waals surface area contributed by atoms with Crippen LogP contribution in [0.25, 0.3) is 11.4 Å². The molecular weight excluding hydrogens is 476 g/mol. The van der Waals surface area contributed by atoms with Crippen molar-refractivity contribution in [3.63, 3.8) is 0 Å². The zero-order chi connectivity index (χ0) is 22.7. The highest BCUT2D eigenvalue weighted by Crippen LogP contribution is 2.25. The molecule has 0 fully saturated rings. The number of rotatable bonds is 7. The predicted molar refractivity (Wildman–Crippen MR) is 119 cm³/mol. The van der Waals surface area contributed by atoms with Crippen LogP contribution >= 0.6 is 23.2 Å². The number of nitrogens with zero attached hydrogens (tertiary/aromatic N) is 4. The Bertz CT molecular complexity index is 1320. The minimum absolute atomic E-state index is 0.0134. The Labute approximate surface area is 193 Å². The Hall–Kier alpha value is -2.85. The van der Waals surface area contributed by atoms with Gasteiger partial charge in [0.05, 0.1) is 4.90 Å².